The molecule has 0 saturated carbocycles. The number of unbranched alkanes of at least 4 members (excludes halogenated alkanes) is 11. The first-order valence-corrected chi connectivity index (χ1v) is 45.1. The maximum Gasteiger partial charge on any atom is 0.311 e. The molecule has 8 amide bonds. The van der Waals surface area contributed by atoms with Crippen LogP contribution in [0.2, 0.25) is 0 Å². The van der Waals surface area contributed by atoms with Crippen LogP contribution in [-0.2, 0) is 143 Å². The summed E-state index contributed by atoms with van der Waals surface area (Å²) in [5.41, 5.74) is -1.26. The van der Waals surface area contributed by atoms with Crippen LogP contribution in [-0.4, -0.2) is 275 Å². The van der Waals surface area contributed by atoms with Crippen LogP contribution in [0.15, 0.2) is 0 Å². The quantitative estimate of drug-likeness (QED) is 0.00746. The highest BCUT2D eigenvalue weighted by Gasteiger charge is 2.50. The lowest BCUT2D eigenvalue weighted by Gasteiger charge is -2.44. The smallest absolute Gasteiger partial charge is 0.311 e. The first-order chi connectivity index (χ1) is 62.7. The number of rotatable bonds is 64. The van der Waals surface area contributed by atoms with E-state index in [0.717, 1.165) is 0 Å². The lowest BCUT2D eigenvalue weighted by molar-refractivity contribution is -0.262. The zero-order valence-corrected chi connectivity index (χ0v) is 77.8. The number of halogens is 5. The van der Waals surface area contributed by atoms with Gasteiger partial charge in [-0.05, 0) is 57.8 Å². The Bertz CT molecular complexity index is 3530. The highest BCUT2D eigenvalue weighted by Crippen LogP contribution is 2.35. The van der Waals surface area contributed by atoms with E-state index in [9.17, 15) is 93.9 Å². The van der Waals surface area contributed by atoms with E-state index in [4.69, 9.17) is 71.1 Å². The summed E-state index contributed by atoms with van der Waals surface area (Å²) in [4.78, 5) is 187. The van der Waals surface area contributed by atoms with Crippen molar-refractivity contribution in [3.05, 3.63) is 29.1 Å². The number of nitrogens with one attached hydrogen (secondary N) is 8. The fourth-order valence-corrected chi connectivity index (χ4v) is 14.7. The largest absolute Gasteiger partial charge is 0.463 e. The van der Waals surface area contributed by atoms with Crippen LogP contribution in [0.5, 0.6) is 5.75 Å². The number of carbonyl (C=O) groups excluding carboxylic acids is 15. The molecule has 39 nitrogen and oxygen atoms in total. The lowest BCUT2D eigenvalue weighted by Crippen LogP contribution is -2.62. The summed E-state index contributed by atoms with van der Waals surface area (Å²) in [6.07, 6.45) is -1.03. The molecule has 44 heteroatoms. The van der Waals surface area contributed by atoms with Crippen molar-refractivity contribution in [3.63, 3.8) is 0 Å². The molecule has 0 spiro atoms. The average molecular weight is 1900 g/mol. The lowest BCUT2D eigenvalue weighted by atomic mass is 9.88. The van der Waals surface area contributed by atoms with Crippen molar-refractivity contribution in [2.24, 2.45) is 23.2 Å². The Kier molecular flexibility index (Phi) is 54.8. The number of hydrogen-bond donors (Lipinski definition) is 8. The molecule has 15 atom stereocenters. The molecule has 1 aromatic rings. The summed E-state index contributed by atoms with van der Waals surface area (Å²) < 4.78 is 161. The van der Waals surface area contributed by atoms with Gasteiger partial charge in [-0.1, -0.05) is 65.7 Å². The van der Waals surface area contributed by atoms with Gasteiger partial charge in [0.2, 0.25) is 82.1 Å². The molecule has 3 aliphatic rings. The molecule has 0 aliphatic carbocycles. The van der Waals surface area contributed by atoms with Crippen LogP contribution in [0, 0.1) is 52.3 Å². The van der Waals surface area contributed by atoms with Crippen LogP contribution >= 0.6 is 0 Å². The fraction of sp³-hybridized carbons (Fsp3) is 0.761. The van der Waals surface area contributed by atoms with Gasteiger partial charge in [0.15, 0.2) is 18.9 Å². The van der Waals surface area contributed by atoms with E-state index in [1.165, 1.54) is 62.3 Å². The van der Waals surface area contributed by atoms with E-state index in [-0.39, 0.29) is 179 Å². The number of carbonyl (C=O) groups is 15. The van der Waals surface area contributed by atoms with Crippen molar-refractivity contribution >= 4 is 89.0 Å². The van der Waals surface area contributed by atoms with Crippen LogP contribution < -0.4 is 47.3 Å². The van der Waals surface area contributed by atoms with Gasteiger partial charge in [0.1, 0.15) is 56.4 Å². The second-order valence-corrected chi connectivity index (χ2v) is 33.0. The van der Waals surface area contributed by atoms with Crippen molar-refractivity contribution in [2.45, 2.75) is 298 Å². The van der Waals surface area contributed by atoms with Gasteiger partial charge >= 0.3 is 41.8 Å². The van der Waals surface area contributed by atoms with Gasteiger partial charge in [-0.2, -0.15) is 8.78 Å². The third-order valence-corrected chi connectivity index (χ3v) is 21.4. The van der Waals surface area contributed by atoms with Crippen LogP contribution in [0.3, 0.4) is 0 Å². The Labute approximate surface area is 766 Å². The van der Waals surface area contributed by atoms with Crippen molar-refractivity contribution in [3.8, 4) is 5.75 Å². The second kappa shape index (κ2) is 62.9. The Morgan fingerprint density at radius 3 is 0.894 bits per heavy atom. The third kappa shape index (κ3) is 45.1. The van der Waals surface area contributed by atoms with E-state index in [0.29, 0.717) is 103 Å². The Hall–Kier alpha value is -9.44. The van der Waals surface area contributed by atoms with Gasteiger partial charge in [-0.3, -0.25) is 71.9 Å². The molecular weight excluding hydrogens is 1760 g/mol. The normalized spacial score (nSPS) is 22.0. The molecule has 8 N–H and O–H groups in total. The summed E-state index contributed by atoms with van der Waals surface area (Å²) >= 11 is 0. The van der Waals surface area contributed by atoms with E-state index >= 15 is 0 Å². The van der Waals surface area contributed by atoms with Gasteiger partial charge in [0, 0.05) is 171 Å². The molecule has 4 rings (SSSR count). The van der Waals surface area contributed by atoms with Crippen molar-refractivity contribution in [2.75, 3.05) is 112 Å². The predicted molar refractivity (Wildman–Crippen MR) is 454 cm³/mol. The molecule has 3 saturated heterocycles. The monoisotopic (exact) mass is 1900 g/mol. The Morgan fingerprint density at radius 2 is 0.598 bits per heavy atom. The maximum atomic E-state index is 14.1. The van der Waals surface area contributed by atoms with E-state index < -0.39 is 192 Å². The van der Waals surface area contributed by atoms with E-state index in [1.807, 2.05) is 0 Å². The highest BCUT2D eigenvalue weighted by molar-refractivity contribution is 5.80. The summed E-state index contributed by atoms with van der Waals surface area (Å²) in [5.74, 6) is -22.6. The molecule has 3 aliphatic heterocycles. The van der Waals surface area contributed by atoms with Gasteiger partial charge < -0.3 is 118 Å². The minimum Gasteiger partial charge on any atom is -0.463 e. The molecule has 1 aromatic carbocycles. The van der Waals surface area contributed by atoms with Crippen molar-refractivity contribution in [1.29, 1.82) is 0 Å². The highest BCUT2D eigenvalue weighted by atomic mass is 19.2. The van der Waals surface area contributed by atoms with E-state index in [1.54, 1.807) is 20.8 Å². The van der Waals surface area contributed by atoms with Crippen LogP contribution in [0.4, 0.5) is 22.0 Å². The van der Waals surface area contributed by atoms with Gasteiger partial charge in [0.25, 0.3) is 0 Å². The Morgan fingerprint density at radius 1 is 0.318 bits per heavy atom. The van der Waals surface area contributed by atoms with Crippen LogP contribution in [0.25, 0.3) is 0 Å². The standard InChI is InChI=1S/C88H137F5N8O31/c1-52-78(99-55(4)102)85(129-64(45-123-58(7)105)81(52)126-61(10)108)120-39-25-16-13-21-35-95-69(113)32-42-117-49-88(48-98-68(112)30-28-29-67(111)94-38-24-19-20-31-72(116)132-84-76(92)74(90)73(89)75(91)77(84)93,50-118-43-33-70(114)96-36-22-14-17-26-40-121-86-79(100-56(5)103)53(2)82(127-62(11)109)65(130-86)46-124-59(8)106)51-119-44-34-71(115)97-37-23-15-18-27-41-122-87-80(101-57(6)104)54(3)83(128-63(12)110)66(131-87)47-125-60(9)107/h52-54,64-66,78-83,85-87H,13-51H2,1-12H3,(H,94,111)(H,95,113)(H,96,114)(H,97,115)(H,98,112)(H,99,102)(H,100,103)(H,101,104)/t52-,53-,54-,64?,65?,66?,78?,79?,80?,81+,82+,83+,85-,86-,87-,88?/m1/s1. The van der Waals surface area contributed by atoms with Gasteiger partial charge in [-0.15, -0.1) is 0 Å². The average Bonchev–Trinajstić information content (AvgIpc) is 0.804. The SMILES string of the molecule is CC(=O)NC1[C@H](OCCCCCCNC(=O)CCOCC(CNC(=O)CCCC(=O)NCCCCCC(=O)Oc2c(F)c(F)c(F)c(F)c2F)(COCCC(=O)NCCCCCCO[C@@H]2OC(COC(C)=O)[C@@H](OC(C)=O)[C@H](C)C2NC(C)=O)COCCC(=O)NCCCCCCO[C@@H]2OC(COC(C)=O)[C@@H](OC(C)=O)[C@H](C)C2NC(C)=O)OC(COC(C)=O)[C@@H](OC(C)=O)[C@@H]1C. The topological polar surface area (TPSA) is 500 Å². The summed E-state index contributed by atoms with van der Waals surface area (Å²) in [6, 6.07) is -2.15. The number of ether oxygens (including phenoxy) is 16. The molecular formula is C88H137F5N8O31. The minimum atomic E-state index is -2.42. The molecule has 3 heterocycles. The number of amides is 8. The zero-order valence-electron chi connectivity index (χ0n) is 77.8. The van der Waals surface area contributed by atoms with Gasteiger partial charge in [-0.25, -0.2) is 13.2 Å². The first-order valence-electron chi connectivity index (χ1n) is 45.1. The summed E-state index contributed by atoms with van der Waals surface area (Å²) in [6.45, 7) is 16.4. The Balaban J connectivity index is 1.40. The van der Waals surface area contributed by atoms with Crippen molar-refractivity contribution in [1.82, 2.24) is 42.5 Å². The predicted octanol–water partition coefficient (Wildman–Crippen LogP) is 5.62. The summed E-state index contributed by atoms with van der Waals surface area (Å²) in [7, 11) is 0. The molecule has 3 fully saturated rings. The molecule has 0 radical (unpaired) electrons. The summed E-state index contributed by atoms with van der Waals surface area (Å²) in [5, 5.41) is 22.7. The van der Waals surface area contributed by atoms with Crippen molar-refractivity contribution < 1.29 is 170 Å². The second-order valence-electron chi connectivity index (χ2n) is 33.0. The molecule has 0 bridgehead atoms. The number of esters is 7. The minimum absolute atomic E-state index is 0.0612. The fourth-order valence-electron chi connectivity index (χ4n) is 14.7. The van der Waals surface area contributed by atoms with Gasteiger partial charge in [0.05, 0.1) is 63.2 Å². The molecule has 750 valence electrons. The number of hydrogen-bond acceptors (Lipinski definition) is 31. The first kappa shape index (κ1) is 115. The molecule has 132 heavy (non-hydrogen) atoms. The number of benzene rings is 1. The van der Waals surface area contributed by atoms with E-state index in [2.05, 4.69) is 47.3 Å². The third-order valence-electron chi connectivity index (χ3n) is 21.4. The maximum absolute atomic E-state index is 14.1. The zero-order chi connectivity index (χ0) is 97.8. The van der Waals surface area contributed by atoms with Crippen LogP contribution in [0.1, 0.15) is 224 Å². The molecule has 0 aromatic heterocycles. The molecule has 6 unspecified atom stereocenters.